The average molecular weight is 343 g/mol. The first-order chi connectivity index (χ1) is 11.2. The van der Waals surface area contributed by atoms with Crippen molar-refractivity contribution in [2.45, 2.75) is 44.9 Å². The van der Waals surface area contributed by atoms with E-state index in [0.717, 1.165) is 12.5 Å². The van der Waals surface area contributed by atoms with Gasteiger partial charge in [-0.25, -0.2) is 14.2 Å². The number of pyridine rings is 1. The van der Waals surface area contributed by atoms with Crippen LogP contribution >= 0.6 is 0 Å². The fraction of sp³-hybridized carbons (Fsp3) is 0.562. The monoisotopic (exact) mass is 343 g/mol. The molecule has 1 aromatic rings. The second-order valence-corrected chi connectivity index (χ2v) is 7.14. The molecule has 2 saturated heterocycles. The Labute approximate surface area is 157 Å². The maximum atomic E-state index is 13.8. The minimum atomic E-state index is -1.64. The van der Waals surface area contributed by atoms with E-state index in [9.17, 15) is 19.1 Å². The smallest absolute Gasteiger partial charge is 0.543 e. The summed E-state index contributed by atoms with van der Waals surface area (Å²) in [5, 5.41) is 10.7. The Hall–Kier alpha value is -1.78. The quantitative estimate of drug-likeness (QED) is 0.566. The fourth-order valence-corrected chi connectivity index (χ4v) is 3.26. The van der Waals surface area contributed by atoms with Crippen LogP contribution in [0.15, 0.2) is 12.3 Å². The van der Waals surface area contributed by atoms with Crippen LogP contribution in [0.3, 0.4) is 0 Å². The third kappa shape index (κ3) is 3.91. The zero-order valence-electron chi connectivity index (χ0n) is 14.8. The van der Waals surface area contributed by atoms with Crippen LogP contribution in [0.25, 0.3) is 0 Å². The number of ether oxygens (including phenoxy) is 1. The molecular formula is C16H19FLiN3O4. The van der Waals surface area contributed by atoms with Gasteiger partial charge in [-0.3, -0.25) is 0 Å². The molecule has 9 heteroatoms. The van der Waals surface area contributed by atoms with Crippen LogP contribution in [-0.4, -0.2) is 52.7 Å². The van der Waals surface area contributed by atoms with E-state index in [1.165, 1.54) is 6.20 Å². The van der Waals surface area contributed by atoms with Crippen LogP contribution in [0.1, 0.15) is 37.7 Å². The summed E-state index contributed by atoms with van der Waals surface area (Å²) in [6, 6.07) is 1.18. The van der Waals surface area contributed by atoms with E-state index in [4.69, 9.17) is 4.74 Å². The first-order valence-electron chi connectivity index (χ1n) is 7.79. The Bertz CT molecular complexity index is 694. The van der Waals surface area contributed by atoms with Crippen LogP contribution in [0.5, 0.6) is 0 Å². The van der Waals surface area contributed by atoms with Gasteiger partial charge < -0.3 is 24.4 Å². The fourth-order valence-electron chi connectivity index (χ4n) is 3.26. The molecule has 0 radical (unpaired) electrons. The minimum absolute atomic E-state index is 0. The number of carbonyl (C=O) groups is 2. The van der Waals surface area contributed by atoms with E-state index in [0.29, 0.717) is 18.8 Å². The van der Waals surface area contributed by atoms with Crippen molar-refractivity contribution >= 4 is 17.7 Å². The van der Waals surface area contributed by atoms with E-state index < -0.39 is 23.1 Å². The molecule has 2 aliphatic heterocycles. The predicted octanol–water partition coefficient (Wildman–Crippen LogP) is -2.21. The number of hydrogen-bond donors (Lipinski definition) is 0. The summed E-state index contributed by atoms with van der Waals surface area (Å²) in [6.45, 7) is 6.48. The first kappa shape index (κ1) is 19.5. The maximum Gasteiger partial charge on any atom is 1.00 e. The number of aromatic carboxylic acids is 1. The van der Waals surface area contributed by atoms with Gasteiger partial charge in [-0.15, -0.1) is 0 Å². The molecule has 1 aromatic heterocycles. The molecule has 3 heterocycles. The van der Waals surface area contributed by atoms with Gasteiger partial charge in [0.1, 0.15) is 11.3 Å². The Morgan fingerprint density at radius 3 is 2.48 bits per heavy atom. The van der Waals surface area contributed by atoms with E-state index in [2.05, 4.69) is 4.98 Å². The second-order valence-electron chi connectivity index (χ2n) is 7.14. The molecule has 2 aliphatic rings. The molecule has 2 bridgehead atoms. The van der Waals surface area contributed by atoms with Gasteiger partial charge in [0.05, 0.1) is 23.9 Å². The molecule has 1 amide bonds. The third-order valence-electron chi connectivity index (χ3n) is 4.22. The summed E-state index contributed by atoms with van der Waals surface area (Å²) in [5.74, 6) is -2.56. The van der Waals surface area contributed by atoms with Crippen molar-refractivity contribution in [1.29, 1.82) is 0 Å². The van der Waals surface area contributed by atoms with Crippen molar-refractivity contribution in [1.82, 2.24) is 9.88 Å². The molecule has 0 spiro atoms. The molecule has 2 fully saturated rings. The maximum absolute atomic E-state index is 13.8. The zero-order chi connectivity index (χ0) is 17.6. The molecule has 130 valence electrons. The van der Waals surface area contributed by atoms with Gasteiger partial charge in [0.15, 0.2) is 5.82 Å². The van der Waals surface area contributed by atoms with Gasteiger partial charge in [-0.2, -0.15) is 0 Å². The number of carboxylic acids is 1. The van der Waals surface area contributed by atoms with Gasteiger partial charge in [-0.05, 0) is 27.2 Å². The number of halogens is 1. The summed E-state index contributed by atoms with van der Waals surface area (Å²) in [5.41, 5.74) is -0.737. The van der Waals surface area contributed by atoms with Crippen LogP contribution in [-0.2, 0) is 4.74 Å². The number of amides is 1. The molecule has 7 nitrogen and oxygen atoms in total. The van der Waals surface area contributed by atoms with Gasteiger partial charge in [0.25, 0.3) is 0 Å². The van der Waals surface area contributed by atoms with Crippen LogP contribution in [0, 0.1) is 5.82 Å². The number of nitrogens with zero attached hydrogens (tertiary/aromatic N) is 3. The van der Waals surface area contributed by atoms with Crippen molar-refractivity contribution in [3.05, 3.63) is 23.8 Å². The number of anilines is 1. The second kappa shape index (κ2) is 6.85. The van der Waals surface area contributed by atoms with Gasteiger partial charge in [0.2, 0.25) is 0 Å². The van der Waals surface area contributed by atoms with Gasteiger partial charge in [0, 0.05) is 25.2 Å². The van der Waals surface area contributed by atoms with E-state index in [1.807, 2.05) is 25.7 Å². The summed E-state index contributed by atoms with van der Waals surface area (Å²) in [6.07, 6.45) is 1.75. The van der Waals surface area contributed by atoms with Crippen LogP contribution < -0.4 is 28.9 Å². The number of fused-ring (bicyclic) bond motifs is 2. The Balaban J connectivity index is 0.00000225. The number of piperazine rings is 1. The molecule has 3 rings (SSSR count). The van der Waals surface area contributed by atoms with Gasteiger partial charge in [-0.1, -0.05) is 0 Å². The number of rotatable bonds is 2. The Morgan fingerprint density at radius 1 is 1.32 bits per heavy atom. The predicted molar refractivity (Wildman–Crippen MR) is 81.0 cm³/mol. The molecule has 2 atom stereocenters. The van der Waals surface area contributed by atoms with Crippen molar-refractivity contribution in [2.24, 2.45) is 0 Å². The number of carbonyl (C=O) groups excluding carboxylic acids is 2. The molecule has 25 heavy (non-hydrogen) atoms. The normalized spacial score (nSPS) is 21.9. The topological polar surface area (TPSA) is 85.8 Å². The van der Waals surface area contributed by atoms with E-state index in [1.54, 1.807) is 4.90 Å². The van der Waals surface area contributed by atoms with E-state index in [-0.39, 0.29) is 37.0 Å². The third-order valence-corrected chi connectivity index (χ3v) is 4.22. The number of aromatic nitrogens is 1. The van der Waals surface area contributed by atoms with E-state index >= 15 is 0 Å². The summed E-state index contributed by atoms with van der Waals surface area (Å²) in [7, 11) is 0. The van der Waals surface area contributed by atoms with Crippen LogP contribution in [0.4, 0.5) is 14.9 Å². The number of carboxylic acid groups (broad SMARTS) is 1. The summed E-state index contributed by atoms with van der Waals surface area (Å²) in [4.78, 5) is 30.2. The Morgan fingerprint density at radius 2 is 2.00 bits per heavy atom. The van der Waals surface area contributed by atoms with Crippen molar-refractivity contribution in [3.63, 3.8) is 0 Å². The number of hydrogen-bond acceptors (Lipinski definition) is 6. The molecule has 0 aliphatic carbocycles. The summed E-state index contributed by atoms with van der Waals surface area (Å²) >= 11 is 0. The molecule has 0 N–H and O–H groups in total. The van der Waals surface area contributed by atoms with Crippen molar-refractivity contribution in [2.75, 3.05) is 18.0 Å². The molecule has 0 aromatic carbocycles. The van der Waals surface area contributed by atoms with Crippen molar-refractivity contribution < 1.29 is 42.7 Å². The molecular weight excluding hydrogens is 324 g/mol. The first-order valence-corrected chi connectivity index (χ1v) is 7.79. The van der Waals surface area contributed by atoms with Gasteiger partial charge >= 0.3 is 25.0 Å². The SMILES string of the molecule is CC(C)(C)OC(=O)N1C[C@@H]2C[C@H]1CN2c1cnc(C(=O)[O-])c(F)c1.[Li+]. The largest absolute Gasteiger partial charge is 1.00 e. The van der Waals surface area contributed by atoms with Crippen molar-refractivity contribution in [3.8, 4) is 0 Å². The van der Waals surface area contributed by atoms with Crippen LogP contribution in [0.2, 0.25) is 0 Å². The average Bonchev–Trinajstić information content (AvgIpc) is 3.04. The zero-order valence-corrected chi connectivity index (χ0v) is 14.8. The standard InChI is InChI=1S/C16H20FN3O4.Li/c1-16(2,3)24-15(23)20-8-10-4-11(20)7-19(10)9-5-12(17)13(14(21)22)18-6-9;/h5-6,10-11H,4,7-8H2,1-3H3,(H,21,22);/q;+1/p-1/t10-,11-;/m0./s1. The molecule has 0 unspecified atom stereocenters. The minimum Gasteiger partial charge on any atom is -0.543 e. The Kier molecular flexibility index (Phi) is 5.35. The molecule has 0 saturated carbocycles. The summed E-state index contributed by atoms with van der Waals surface area (Å²) < 4.78 is 19.2. The number of likely N-dealkylation sites (tertiary alicyclic amines) is 1.